The van der Waals surface area contributed by atoms with Crippen LogP contribution >= 0.6 is 23.2 Å². The van der Waals surface area contributed by atoms with E-state index in [0.29, 0.717) is 5.69 Å². The van der Waals surface area contributed by atoms with Gasteiger partial charge in [0.1, 0.15) is 5.75 Å². The largest absolute Gasteiger partial charge is 0.496 e. The van der Waals surface area contributed by atoms with Gasteiger partial charge in [0.25, 0.3) is 5.91 Å². The summed E-state index contributed by atoms with van der Waals surface area (Å²) < 4.78 is 5.42. The molecule has 1 amide bonds. The van der Waals surface area contributed by atoms with Crippen molar-refractivity contribution in [2.75, 3.05) is 12.4 Å². The van der Waals surface area contributed by atoms with E-state index in [2.05, 4.69) is 5.32 Å². The van der Waals surface area contributed by atoms with Gasteiger partial charge in [-0.2, -0.15) is 0 Å². The van der Waals surface area contributed by atoms with Crippen LogP contribution in [-0.2, 0) is 4.79 Å². The van der Waals surface area contributed by atoms with Gasteiger partial charge in [-0.25, -0.2) is 4.98 Å². The number of benzene rings is 2. The summed E-state index contributed by atoms with van der Waals surface area (Å²) in [5, 5.41) is 2.67. The molecule has 0 radical (unpaired) electrons. The SMILES string of the molecule is COc1ccccc1-c1cccc(-c2cccc(NC(=O)C(Cl)Cl)c2)n1. The highest BCUT2D eigenvalue weighted by Crippen LogP contribution is 2.30. The Kier molecular flexibility index (Phi) is 5.76. The lowest BCUT2D eigenvalue weighted by Gasteiger charge is -2.10. The van der Waals surface area contributed by atoms with Crippen LogP contribution in [0.4, 0.5) is 5.69 Å². The zero-order valence-electron chi connectivity index (χ0n) is 13.9. The number of hydrogen-bond acceptors (Lipinski definition) is 3. The van der Waals surface area contributed by atoms with Crippen molar-refractivity contribution < 1.29 is 9.53 Å². The molecule has 0 aliphatic heterocycles. The van der Waals surface area contributed by atoms with Gasteiger partial charge in [-0.1, -0.05) is 53.5 Å². The van der Waals surface area contributed by atoms with E-state index in [1.165, 1.54) is 0 Å². The molecule has 3 aromatic rings. The van der Waals surface area contributed by atoms with Crippen molar-refractivity contribution in [3.05, 3.63) is 66.7 Å². The first-order valence-corrected chi connectivity index (χ1v) is 8.75. The van der Waals surface area contributed by atoms with Crippen molar-refractivity contribution in [2.24, 2.45) is 0 Å². The third kappa shape index (κ3) is 4.15. The van der Waals surface area contributed by atoms with Crippen LogP contribution in [0.5, 0.6) is 5.75 Å². The molecule has 4 nitrogen and oxygen atoms in total. The highest BCUT2D eigenvalue weighted by Gasteiger charge is 2.12. The normalized spacial score (nSPS) is 10.6. The van der Waals surface area contributed by atoms with E-state index in [4.69, 9.17) is 32.9 Å². The fourth-order valence-corrected chi connectivity index (χ4v) is 2.66. The molecule has 0 bridgehead atoms. The lowest BCUT2D eigenvalue weighted by atomic mass is 10.1. The fraction of sp³-hybridized carbons (Fsp3) is 0.100. The number of carbonyl (C=O) groups excluding carboxylic acids is 1. The second kappa shape index (κ2) is 8.21. The third-order valence-corrected chi connectivity index (χ3v) is 4.15. The molecule has 2 aromatic carbocycles. The van der Waals surface area contributed by atoms with Gasteiger partial charge in [0.15, 0.2) is 4.84 Å². The molecule has 1 N–H and O–H groups in total. The standard InChI is InChI=1S/C20H16Cl2N2O2/c1-26-18-11-3-2-8-15(18)17-10-5-9-16(24-17)13-6-4-7-14(12-13)23-20(25)19(21)22/h2-12,19H,1H3,(H,23,25). The molecule has 132 valence electrons. The Morgan fingerprint density at radius 3 is 2.50 bits per heavy atom. The summed E-state index contributed by atoms with van der Waals surface area (Å²) in [6, 6.07) is 20.8. The molecule has 0 spiro atoms. The number of halogens is 2. The van der Waals surface area contributed by atoms with Gasteiger partial charge in [-0.05, 0) is 36.4 Å². The Bertz CT molecular complexity index is 929. The number of aromatic nitrogens is 1. The van der Waals surface area contributed by atoms with Crippen molar-refractivity contribution in [3.63, 3.8) is 0 Å². The van der Waals surface area contributed by atoms with Crippen LogP contribution in [0.1, 0.15) is 0 Å². The molecule has 26 heavy (non-hydrogen) atoms. The third-order valence-electron chi connectivity index (χ3n) is 3.76. The zero-order valence-corrected chi connectivity index (χ0v) is 15.5. The summed E-state index contributed by atoms with van der Waals surface area (Å²) in [7, 11) is 1.63. The zero-order chi connectivity index (χ0) is 18.5. The number of amides is 1. The molecule has 0 fully saturated rings. The monoisotopic (exact) mass is 386 g/mol. The van der Waals surface area contributed by atoms with Crippen molar-refractivity contribution in [1.29, 1.82) is 0 Å². The van der Waals surface area contributed by atoms with Crippen molar-refractivity contribution in [3.8, 4) is 28.3 Å². The van der Waals surface area contributed by atoms with Gasteiger partial charge in [-0.3, -0.25) is 4.79 Å². The molecular formula is C20H16Cl2N2O2. The molecule has 3 rings (SSSR count). The Hall–Kier alpha value is -2.56. The van der Waals surface area contributed by atoms with Crippen molar-refractivity contribution >= 4 is 34.8 Å². The molecule has 0 atom stereocenters. The van der Waals surface area contributed by atoms with Crippen molar-refractivity contribution in [1.82, 2.24) is 4.98 Å². The predicted molar refractivity (Wildman–Crippen MR) is 106 cm³/mol. The highest BCUT2D eigenvalue weighted by molar-refractivity contribution is 6.54. The summed E-state index contributed by atoms with van der Waals surface area (Å²) >= 11 is 11.2. The molecular weight excluding hydrogens is 371 g/mol. The molecule has 1 aromatic heterocycles. The Morgan fingerprint density at radius 1 is 1.00 bits per heavy atom. The first kappa shape index (κ1) is 18.2. The van der Waals surface area contributed by atoms with E-state index < -0.39 is 10.7 Å². The quantitative estimate of drug-likeness (QED) is 0.615. The second-order valence-corrected chi connectivity index (χ2v) is 6.58. The van der Waals surface area contributed by atoms with E-state index in [1.807, 2.05) is 60.7 Å². The number of para-hydroxylation sites is 1. The van der Waals surface area contributed by atoms with E-state index in [0.717, 1.165) is 28.3 Å². The van der Waals surface area contributed by atoms with Gasteiger partial charge in [0.05, 0.1) is 18.5 Å². The topological polar surface area (TPSA) is 51.2 Å². The van der Waals surface area contributed by atoms with Crippen LogP contribution < -0.4 is 10.1 Å². The number of rotatable bonds is 5. The van der Waals surface area contributed by atoms with Gasteiger partial charge >= 0.3 is 0 Å². The van der Waals surface area contributed by atoms with Gasteiger partial charge in [-0.15, -0.1) is 0 Å². The van der Waals surface area contributed by atoms with Crippen LogP contribution in [0.3, 0.4) is 0 Å². The first-order chi connectivity index (χ1) is 12.6. The smallest absolute Gasteiger partial charge is 0.257 e. The van der Waals surface area contributed by atoms with Crippen LogP contribution in [0.15, 0.2) is 66.7 Å². The van der Waals surface area contributed by atoms with E-state index in [9.17, 15) is 4.79 Å². The van der Waals surface area contributed by atoms with Crippen LogP contribution in [-0.4, -0.2) is 22.8 Å². The Labute approximate surface area is 161 Å². The number of ether oxygens (including phenoxy) is 1. The van der Waals surface area contributed by atoms with Crippen molar-refractivity contribution in [2.45, 2.75) is 4.84 Å². The average Bonchev–Trinajstić information content (AvgIpc) is 2.68. The summed E-state index contributed by atoms with van der Waals surface area (Å²) in [5.41, 5.74) is 3.95. The molecule has 1 heterocycles. The maximum Gasteiger partial charge on any atom is 0.257 e. The summed E-state index contributed by atoms with van der Waals surface area (Å²) in [4.78, 5) is 15.3. The van der Waals surface area contributed by atoms with Gasteiger partial charge in [0, 0.05) is 16.8 Å². The maximum absolute atomic E-state index is 11.7. The lowest BCUT2D eigenvalue weighted by molar-refractivity contribution is -0.114. The summed E-state index contributed by atoms with van der Waals surface area (Å²) in [6.45, 7) is 0. The number of methoxy groups -OCH3 is 1. The minimum Gasteiger partial charge on any atom is -0.496 e. The highest BCUT2D eigenvalue weighted by atomic mass is 35.5. The lowest BCUT2D eigenvalue weighted by Crippen LogP contribution is -2.18. The maximum atomic E-state index is 11.7. The number of hydrogen-bond donors (Lipinski definition) is 1. The molecule has 0 unspecified atom stereocenters. The predicted octanol–water partition coefficient (Wildman–Crippen LogP) is 5.17. The van der Waals surface area contributed by atoms with Gasteiger partial charge < -0.3 is 10.1 Å². The molecule has 0 aliphatic rings. The number of carbonyl (C=O) groups is 1. The number of nitrogens with one attached hydrogen (secondary N) is 1. The van der Waals surface area contributed by atoms with Crippen LogP contribution in [0.2, 0.25) is 0 Å². The Balaban J connectivity index is 1.95. The molecule has 6 heteroatoms. The molecule has 0 saturated carbocycles. The Morgan fingerprint density at radius 2 is 1.73 bits per heavy atom. The fourth-order valence-electron chi connectivity index (χ4n) is 2.55. The van der Waals surface area contributed by atoms with E-state index >= 15 is 0 Å². The summed E-state index contributed by atoms with van der Waals surface area (Å²) in [5.74, 6) is 0.287. The minimum atomic E-state index is -1.12. The number of nitrogens with zero attached hydrogens (tertiary/aromatic N) is 1. The van der Waals surface area contributed by atoms with Crippen LogP contribution in [0.25, 0.3) is 22.5 Å². The number of anilines is 1. The number of pyridine rings is 1. The molecule has 0 saturated heterocycles. The molecule has 0 aliphatic carbocycles. The van der Waals surface area contributed by atoms with Crippen LogP contribution in [0, 0.1) is 0 Å². The second-order valence-electron chi connectivity index (χ2n) is 5.48. The van der Waals surface area contributed by atoms with E-state index in [-0.39, 0.29) is 0 Å². The minimum absolute atomic E-state index is 0.471. The number of alkyl halides is 2. The van der Waals surface area contributed by atoms with Gasteiger partial charge in [0.2, 0.25) is 0 Å². The summed E-state index contributed by atoms with van der Waals surface area (Å²) in [6.07, 6.45) is 0. The average molecular weight is 387 g/mol. The first-order valence-electron chi connectivity index (χ1n) is 7.88. The van der Waals surface area contributed by atoms with E-state index in [1.54, 1.807) is 13.2 Å².